The van der Waals surface area contributed by atoms with E-state index >= 15 is 0 Å². The molecule has 0 aromatic heterocycles. The van der Waals surface area contributed by atoms with Crippen molar-refractivity contribution in [3.05, 3.63) is 47.5 Å². The van der Waals surface area contributed by atoms with Gasteiger partial charge in [-0.05, 0) is 43.5 Å². The fourth-order valence-electron chi connectivity index (χ4n) is 2.84. The molecule has 6 heteroatoms. The van der Waals surface area contributed by atoms with Gasteiger partial charge in [-0.2, -0.15) is 0 Å². The van der Waals surface area contributed by atoms with Crippen LogP contribution in [0, 0.1) is 11.7 Å². The molecule has 0 fully saturated rings. The lowest BCUT2D eigenvalue weighted by Crippen LogP contribution is -2.37. The molecule has 1 aromatic rings. The molecule has 1 heterocycles. The van der Waals surface area contributed by atoms with E-state index in [0.717, 1.165) is 5.56 Å². The van der Waals surface area contributed by atoms with Crippen molar-refractivity contribution in [3.63, 3.8) is 0 Å². The first-order valence-electron chi connectivity index (χ1n) is 7.73. The standard InChI is InChI=1S/C17H22FNO4/c1-2-22-17-13(4-3-9-20)14(10-15(23-17)16(19)21)11-5-7-12(18)8-6-11/h5-8,10,13-14,17,20H,2-4,9H2,1H3,(H2,19,21)/t13-,14-,17-/m1/s1. The van der Waals surface area contributed by atoms with E-state index in [-0.39, 0.29) is 30.0 Å². The number of carbonyl (C=O) groups excluding carboxylic acids is 1. The molecule has 0 saturated carbocycles. The third-order valence-corrected chi connectivity index (χ3v) is 3.91. The van der Waals surface area contributed by atoms with E-state index in [9.17, 15) is 9.18 Å². The Morgan fingerprint density at radius 3 is 2.65 bits per heavy atom. The number of benzene rings is 1. The summed E-state index contributed by atoms with van der Waals surface area (Å²) >= 11 is 0. The maximum atomic E-state index is 13.2. The molecule has 23 heavy (non-hydrogen) atoms. The number of halogens is 1. The summed E-state index contributed by atoms with van der Waals surface area (Å²) in [4.78, 5) is 11.5. The highest BCUT2D eigenvalue weighted by Crippen LogP contribution is 2.39. The first-order chi connectivity index (χ1) is 11.1. The average molecular weight is 323 g/mol. The lowest BCUT2D eigenvalue weighted by atomic mass is 9.80. The lowest BCUT2D eigenvalue weighted by Gasteiger charge is -2.36. The quantitative estimate of drug-likeness (QED) is 0.805. The zero-order chi connectivity index (χ0) is 16.8. The third-order valence-electron chi connectivity index (χ3n) is 3.91. The largest absolute Gasteiger partial charge is 0.459 e. The highest BCUT2D eigenvalue weighted by atomic mass is 19.1. The van der Waals surface area contributed by atoms with Crippen LogP contribution >= 0.6 is 0 Å². The van der Waals surface area contributed by atoms with Gasteiger partial charge in [0.1, 0.15) is 5.82 Å². The van der Waals surface area contributed by atoms with Gasteiger partial charge in [-0.15, -0.1) is 0 Å². The van der Waals surface area contributed by atoms with Gasteiger partial charge in [-0.1, -0.05) is 12.1 Å². The average Bonchev–Trinajstić information content (AvgIpc) is 2.54. The monoisotopic (exact) mass is 323 g/mol. The number of hydrogen-bond donors (Lipinski definition) is 2. The molecule has 3 N–H and O–H groups in total. The van der Waals surface area contributed by atoms with Gasteiger partial charge in [0.25, 0.3) is 5.91 Å². The van der Waals surface area contributed by atoms with Gasteiger partial charge in [0.05, 0.1) is 0 Å². The van der Waals surface area contributed by atoms with Crippen LogP contribution in [0.5, 0.6) is 0 Å². The third kappa shape index (κ3) is 4.30. The number of rotatable bonds is 7. The van der Waals surface area contributed by atoms with Gasteiger partial charge in [0.2, 0.25) is 6.29 Å². The maximum absolute atomic E-state index is 13.2. The molecule has 0 spiro atoms. The molecule has 1 aliphatic rings. The maximum Gasteiger partial charge on any atom is 0.283 e. The number of carbonyl (C=O) groups is 1. The molecule has 1 aliphatic heterocycles. The zero-order valence-corrected chi connectivity index (χ0v) is 13.1. The Hall–Kier alpha value is -1.92. The van der Waals surface area contributed by atoms with Crippen LogP contribution in [-0.2, 0) is 14.3 Å². The van der Waals surface area contributed by atoms with Gasteiger partial charge in [0.15, 0.2) is 5.76 Å². The summed E-state index contributed by atoms with van der Waals surface area (Å²) in [6.07, 6.45) is 2.25. The first kappa shape index (κ1) is 17.4. The minimum atomic E-state index is -0.664. The lowest BCUT2D eigenvalue weighted by molar-refractivity contribution is -0.165. The van der Waals surface area contributed by atoms with Crippen molar-refractivity contribution in [3.8, 4) is 0 Å². The Balaban J connectivity index is 2.38. The highest BCUT2D eigenvalue weighted by Gasteiger charge is 2.37. The minimum absolute atomic E-state index is 0.0534. The van der Waals surface area contributed by atoms with Gasteiger partial charge in [-0.25, -0.2) is 4.39 Å². The second-order valence-electron chi connectivity index (χ2n) is 5.44. The van der Waals surface area contributed by atoms with Crippen molar-refractivity contribution < 1.29 is 23.8 Å². The van der Waals surface area contributed by atoms with Crippen LogP contribution in [0.25, 0.3) is 0 Å². The summed E-state index contributed by atoms with van der Waals surface area (Å²) in [5.74, 6) is -1.24. The molecular weight excluding hydrogens is 301 g/mol. The molecule has 1 amide bonds. The Morgan fingerprint density at radius 1 is 1.39 bits per heavy atom. The molecule has 0 saturated heterocycles. The van der Waals surface area contributed by atoms with Crippen LogP contribution in [0.15, 0.2) is 36.1 Å². The molecule has 0 bridgehead atoms. The molecule has 0 aliphatic carbocycles. The molecule has 2 rings (SSSR count). The van der Waals surface area contributed by atoms with Crippen LogP contribution in [0.3, 0.4) is 0 Å². The van der Waals surface area contributed by atoms with E-state index in [2.05, 4.69) is 0 Å². The SMILES string of the molecule is CCO[C@@H]1OC(C(N)=O)=C[C@H](c2ccc(F)cc2)[C@H]1CCCO. The molecule has 5 nitrogen and oxygen atoms in total. The van der Waals surface area contributed by atoms with Crippen LogP contribution in [-0.4, -0.2) is 30.5 Å². The van der Waals surface area contributed by atoms with Gasteiger partial charge in [0, 0.05) is 25.0 Å². The fraction of sp³-hybridized carbons (Fsp3) is 0.471. The number of hydrogen-bond acceptors (Lipinski definition) is 4. The van der Waals surface area contributed by atoms with E-state index in [1.54, 1.807) is 18.2 Å². The Labute approximate surface area is 134 Å². The predicted molar refractivity (Wildman–Crippen MR) is 82.7 cm³/mol. The number of nitrogens with two attached hydrogens (primary N) is 1. The summed E-state index contributed by atoms with van der Waals surface area (Å²) in [6.45, 7) is 2.31. The summed E-state index contributed by atoms with van der Waals surface area (Å²) in [5, 5.41) is 9.13. The summed E-state index contributed by atoms with van der Waals surface area (Å²) in [7, 11) is 0. The van der Waals surface area contributed by atoms with Gasteiger partial charge < -0.3 is 20.3 Å². The van der Waals surface area contributed by atoms with E-state index in [0.29, 0.717) is 19.4 Å². The van der Waals surface area contributed by atoms with Crippen LogP contribution in [0.2, 0.25) is 0 Å². The zero-order valence-electron chi connectivity index (χ0n) is 13.1. The second-order valence-corrected chi connectivity index (χ2v) is 5.44. The van der Waals surface area contributed by atoms with Crippen molar-refractivity contribution in [2.75, 3.05) is 13.2 Å². The number of aliphatic hydroxyl groups is 1. The Bertz CT molecular complexity index is 558. The minimum Gasteiger partial charge on any atom is -0.459 e. The number of allylic oxidation sites excluding steroid dienone is 1. The van der Waals surface area contributed by atoms with Crippen LogP contribution in [0.4, 0.5) is 4.39 Å². The number of ether oxygens (including phenoxy) is 2. The highest BCUT2D eigenvalue weighted by molar-refractivity contribution is 5.90. The molecule has 1 aromatic carbocycles. The van der Waals surface area contributed by atoms with Crippen LogP contribution < -0.4 is 5.73 Å². The van der Waals surface area contributed by atoms with E-state index in [4.69, 9.17) is 20.3 Å². The Morgan fingerprint density at radius 2 is 2.09 bits per heavy atom. The summed E-state index contributed by atoms with van der Waals surface area (Å²) in [5.41, 5.74) is 6.20. The Kier molecular flexibility index (Phi) is 6.12. The summed E-state index contributed by atoms with van der Waals surface area (Å²) in [6, 6.07) is 6.10. The fourth-order valence-corrected chi connectivity index (χ4v) is 2.84. The van der Waals surface area contributed by atoms with E-state index in [1.165, 1.54) is 12.1 Å². The predicted octanol–water partition coefficient (Wildman–Crippen LogP) is 2.06. The van der Waals surface area contributed by atoms with Crippen molar-refractivity contribution in [2.24, 2.45) is 11.7 Å². The van der Waals surface area contributed by atoms with Crippen molar-refractivity contribution >= 4 is 5.91 Å². The van der Waals surface area contributed by atoms with Gasteiger partial charge in [-0.3, -0.25) is 4.79 Å². The van der Waals surface area contributed by atoms with Gasteiger partial charge >= 0.3 is 0 Å². The second kappa shape index (κ2) is 8.08. The molecule has 0 radical (unpaired) electrons. The van der Waals surface area contributed by atoms with Crippen LogP contribution in [0.1, 0.15) is 31.2 Å². The molecule has 0 unspecified atom stereocenters. The molecule has 3 atom stereocenters. The number of amides is 1. The summed E-state index contributed by atoms with van der Waals surface area (Å²) < 4.78 is 24.4. The topological polar surface area (TPSA) is 81.8 Å². The van der Waals surface area contributed by atoms with Crippen molar-refractivity contribution in [2.45, 2.75) is 32.0 Å². The van der Waals surface area contributed by atoms with Crippen molar-refractivity contribution in [1.29, 1.82) is 0 Å². The van der Waals surface area contributed by atoms with E-state index < -0.39 is 12.2 Å². The first-order valence-corrected chi connectivity index (χ1v) is 7.73. The molecular formula is C17H22FNO4. The van der Waals surface area contributed by atoms with Crippen molar-refractivity contribution in [1.82, 2.24) is 0 Å². The number of primary amides is 1. The molecule has 126 valence electrons. The number of aliphatic hydroxyl groups excluding tert-OH is 1. The van der Waals surface area contributed by atoms with E-state index in [1.807, 2.05) is 6.92 Å². The smallest absolute Gasteiger partial charge is 0.283 e. The normalized spacial score (nSPS) is 24.0.